The average molecular weight is 299 g/mol. The van der Waals surface area contributed by atoms with E-state index in [4.69, 9.17) is 5.11 Å². The second-order valence-corrected chi connectivity index (χ2v) is 5.98. The zero-order valence-electron chi connectivity index (χ0n) is 11.7. The topological polar surface area (TPSA) is 57.6 Å². The van der Waals surface area contributed by atoms with Crippen LogP contribution in [0.25, 0.3) is 0 Å². The molecule has 1 aromatic carbocycles. The molecule has 0 bridgehead atoms. The summed E-state index contributed by atoms with van der Waals surface area (Å²) in [4.78, 5) is 24.7. The zero-order valence-corrected chi connectivity index (χ0v) is 12.5. The van der Waals surface area contributed by atoms with Crippen LogP contribution in [-0.4, -0.2) is 40.2 Å². The number of carboxylic acids is 1. The van der Waals surface area contributed by atoms with Crippen molar-refractivity contribution >= 4 is 23.6 Å². The summed E-state index contributed by atoms with van der Waals surface area (Å²) < 4.78 is 13.4. The lowest BCUT2D eigenvalue weighted by Gasteiger charge is -2.31. The lowest BCUT2D eigenvalue weighted by atomic mass is 10.0. The number of thioether (sulfide) groups is 1. The van der Waals surface area contributed by atoms with Gasteiger partial charge in [-0.05, 0) is 26.0 Å². The van der Waals surface area contributed by atoms with Crippen molar-refractivity contribution in [3.05, 3.63) is 30.1 Å². The van der Waals surface area contributed by atoms with Gasteiger partial charge in [-0.1, -0.05) is 12.1 Å². The third-order valence-corrected chi connectivity index (χ3v) is 4.20. The van der Waals surface area contributed by atoms with Gasteiger partial charge in [0.25, 0.3) is 0 Å². The van der Waals surface area contributed by atoms with Crippen molar-refractivity contribution in [2.24, 2.45) is 0 Å². The summed E-state index contributed by atoms with van der Waals surface area (Å²) in [6.07, 6.45) is 0.159. The molecule has 1 amide bonds. The second kappa shape index (κ2) is 6.74. The number of carbonyl (C=O) groups excluding carboxylic acids is 1. The molecule has 0 aliphatic carbocycles. The molecular formula is C14H18FNO3S. The Balaban J connectivity index is 2.52. The highest BCUT2D eigenvalue weighted by molar-refractivity contribution is 7.99. The first-order valence-corrected chi connectivity index (χ1v) is 7.12. The summed E-state index contributed by atoms with van der Waals surface area (Å²) in [5.41, 5.74) is -1.25. The molecule has 6 heteroatoms. The Labute approximate surface area is 122 Å². The van der Waals surface area contributed by atoms with Gasteiger partial charge >= 0.3 is 5.97 Å². The molecule has 0 unspecified atom stereocenters. The van der Waals surface area contributed by atoms with Crippen LogP contribution >= 0.6 is 11.8 Å². The van der Waals surface area contributed by atoms with Gasteiger partial charge in [-0.15, -0.1) is 11.8 Å². The molecule has 1 aromatic rings. The fourth-order valence-electron chi connectivity index (χ4n) is 1.43. The maximum Gasteiger partial charge on any atom is 0.329 e. The van der Waals surface area contributed by atoms with E-state index in [-0.39, 0.29) is 18.1 Å². The number of hydrogen-bond acceptors (Lipinski definition) is 3. The largest absolute Gasteiger partial charge is 0.480 e. The first kappa shape index (κ1) is 16.5. The molecule has 1 N–H and O–H groups in total. The molecule has 0 saturated carbocycles. The van der Waals surface area contributed by atoms with Gasteiger partial charge in [-0.3, -0.25) is 4.79 Å². The maximum atomic E-state index is 13.4. The summed E-state index contributed by atoms with van der Waals surface area (Å²) in [6, 6.07) is 6.35. The Morgan fingerprint density at radius 3 is 2.50 bits per heavy atom. The molecule has 4 nitrogen and oxygen atoms in total. The normalized spacial score (nSPS) is 11.2. The Kier molecular flexibility index (Phi) is 5.56. The summed E-state index contributed by atoms with van der Waals surface area (Å²) in [6.45, 7) is 2.94. The van der Waals surface area contributed by atoms with Crippen LogP contribution in [0.2, 0.25) is 0 Å². The first-order chi connectivity index (χ1) is 9.26. The number of carboxylic acid groups (broad SMARTS) is 1. The fourth-order valence-corrected chi connectivity index (χ4v) is 2.31. The SMILES string of the molecule is CN(C(=O)CCSc1ccccc1F)C(C)(C)C(=O)O. The summed E-state index contributed by atoms with van der Waals surface area (Å²) in [7, 11) is 1.46. The third kappa shape index (κ3) is 3.96. The minimum Gasteiger partial charge on any atom is -0.480 e. The first-order valence-electron chi connectivity index (χ1n) is 6.14. The highest BCUT2D eigenvalue weighted by Crippen LogP contribution is 2.22. The molecule has 0 aromatic heterocycles. The minimum absolute atomic E-state index is 0.159. The quantitative estimate of drug-likeness (QED) is 0.820. The van der Waals surface area contributed by atoms with Crippen molar-refractivity contribution in [2.75, 3.05) is 12.8 Å². The lowest BCUT2D eigenvalue weighted by Crippen LogP contribution is -2.50. The summed E-state index contributed by atoms with van der Waals surface area (Å²) in [5, 5.41) is 9.05. The Bertz CT molecular complexity index is 505. The number of rotatable bonds is 6. The summed E-state index contributed by atoms with van der Waals surface area (Å²) in [5.74, 6) is -1.25. The monoisotopic (exact) mass is 299 g/mol. The van der Waals surface area contributed by atoms with E-state index in [1.165, 1.54) is 43.6 Å². The molecule has 0 spiro atoms. The van der Waals surface area contributed by atoms with Crippen LogP contribution in [0.5, 0.6) is 0 Å². The molecule has 0 aliphatic rings. The van der Waals surface area contributed by atoms with Crippen molar-refractivity contribution in [1.82, 2.24) is 4.90 Å². The molecule has 0 radical (unpaired) electrons. The van der Waals surface area contributed by atoms with Gasteiger partial charge in [0.15, 0.2) is 0 Å². The number of halogens is 1. The van der Waals surface area contributed by atoms with E-state index in [1.807, 2.05) is 0 Å². The van der Waals surface area contributed by atoms with Crippen molar-refractivity contribution in [1.29, 1.82) is 0 Å². The Morgan fingerprint density at radius 1 is 1.35 bits per heavy atom. The van der Waals surface area contributed by atoms with Crippen molar-refractivity contribution in [2.45, 2.75) is 30.7 Å². The van der Waals surface area contributed by atoms with Gasteiger partial charge in [0.2, 0.25) is 5.91 Å². The zero-order chi connectivity index (χ0) is 15.3. The van der Waals surface area contributed by atoms with Crippen LogP contribution < -0.4 is 0 Å². The van der Waals surface area contributed by atoms with Crippen molar-refractivity contribution < 1.29 is 19.1 Å². The van der Waals surface area contributed by atoms with Gasteiger partial charge in [-0.2, -0.15) is 0 Å². The molecule has 0 atom stereocenters. The predicted molar refractivity (Wildman–Crippen MR) is 76.2 cm³/mol. The predicted octanol–water partition coefficient (Wildman–Crippen LogP) is 2.63. The summed E-state index contributed by atoms with van der Waals surface area (Å²) >= 11 is 1.24. The number of likely N-dealkylation sites (N-methyl/N-ethyl adjacent to an activating group) is 1. The molecule has 20 heavy (non-hydrogen) atoms. The highest BCUT2D eigenvalue weighted by Gasteiger charge is 2.34. The smallest absolute Gasteiger partial charge is 0.329 e. The van der Waals surface area contributed by atoms with E-state index < -0.39 is 11.5 Å². The van der Waals surface area contributed by atoms with Crippen LogP contribution in [0.3, 0.4) is 0 Å². The van der Waals surface area contributed by atoms with Crippen LogP contribution in [-0.2, 0) is 9.59 Å². The minimum atomic E-state index is -1.25. The van der Waals surface area contributed by atoms with E-state index in [2.05, 4.69) is 0 Å². The lowest BCUT2D eigenvalue weighted by molar-refractivity contribution is -0.155. The van der Waals surface area contributed by atoms with E-state index in [1.54, 1.807) is 18.2 Å². The van der Waals surface area contributed by atoms with Gasteiger partial charge < -0.3 is 10.0 Å². The fraction of sp³-hybridized carbons (Fsp3) is 0.429. The third-order valence-electron chi connectivity index (χ3n) is 3.15. The molecule has 0 saturated heterocycles. The van der Waals surface area contributed by atoms with Gasteiger partial charge in [0, 0.05) is 24.1 Å². The van der Waals surface area contributed by atoms with E-state index >= 15 is 0 Å². The highest BCUT2D eigenvalue weighted by atomic mass is 32.2. The van der Waals surface area contributed by atoms with Crippen LogP contribution in [0.15, 0.2) is 29.2 Å². The number of aliphatic carboxylic acids is 1. The van der Waals surface area contributed by atoms with Crippen LogP contribution in [0.1, 0.15) is 20.3 Å². The molecule has 110 valence electrons. The standard InChI is InChI=1S/C14H18FNO3S/c1-14(2,13(18)19)16(3)12(17)8-9-20-11-7-5-4-6-10(11)15/h4-7H,8-9H2,1-3H3,(H,18,19). The second-order valence-electron chi connectivity index (χ2n) is 4.85. The van der Waals surface area contributed by atoms with Gasteiger partial charge in [0.05, 0.1) is 0 Å². The molecule has 0 aliphatic heterocycles. The number of amides is 1. The van der Waals surface area contributed by atoms with Gasteiger partial charge in [0.1, 0.15) is 11.4 Å². The van der Waals surface area contributed by atoms with E-state index in [0.717, 1.165) is 0 Å². The van der Waals surface area contributed by atoms with E-state index in [9.17, 15) is 14.0 Å². The van der Waals surface area contributed by atoms with Crippen molar-refractivity contribution in [3.63, 3.8) is 0 Å². The van der Waals surface area contributed by atoms with Gasteiger partial charge in [-0.25, -0.2) is 9.18 Å². The Hall–Kier alpha value is -1.56. The average Bonchev–Trinajstić information content (AvgIpc) is 2.39. The van der Waals surface area contributed by atoms with E-state index in [0.29, 0.717) is 10.6 Å². The number of hydrogen-bond donors (Lipinski definition) is 1. The van der Waals surface area contributed by atoms with Crippen LogP contribution in [0, 0.1) is 5.82 Å². The molecule has 1 rings (SSSR count). The number of benzene rings is 1. The molecular weight excluding hydrogens is 281 g/mol. The van der Waals surface area contributed by atoms with Crippen molar-refractivity contribution in [3.8, 4) is 0 Å². The molecule has 0 fully saturated rings. The molecule has 0 heterocycles. The van der Waals surface area contributed by atoms with Crippen LogP contribution in [0.4, 0.5) is 4.39 Å². The number of carbonyl (C=O) groups is 2. The Morgan fingerprint density at radius 2 is 1.95 bits per heavy atom. The maximum absolute atomic E-state index is 13.4. The number of nitrogens with zero attached hydrogens (tertiary/aromatic N) is 1.